The van der Waals surface area contributed by atoms with Crippen molar-refractivity contribution in [1.82, 2.24) is 0 Å². The van der Waals surface area contributed by atoms with Gasteiger partial charge in [-0.05, 0) is 110 Å². The van der Waals surface area contributed by atoms with Crippen LogP contribution < -0.4 is 0 Å². The molecule has 1 unspecified atom stereocenters. The van der Waals surface area contributed by atoms with Crippen molar-refractivity contribution in [2.24, 2.45) is 10.9 Å². The maximum atomic E-state index is 5.10. The lowest BCUT2D eigenvalue weighted by Crippen LogP contribution is -2.08. The van der Waals surface area contributed by atoms with Gasteiger partial charge in [0.25, 0.3) is 0 Å². The van der Waals surface area contributed by atoms with Crippen LogP contribution in [0.2, 0.25) is 0 Å². The van der Waals surface area contributed by atoms with Gasteiger partial charge >= 0.3 is 0 Å². The Morgan fingerprint density at radius 3 is 1.90 bits per heavy atom. The fraction of sp³-hybridized carbons (Fsp3) is 0.128. The Kier molecular flexibility index (Phi) is 7.12. The molecule has 2 aliphatic rings. The molecule has 0 spiro atoms. The fourth-order valence-electron chi connectivity index (χ4n) is 8.07. The predicted molar refractivity (Wildman–Crippen MR) is 208 cm³/mol. The van der Waals surface area contributed by atoms with Crippen LogP contribution >= 0.6 is 0 Å². The zero-order valence-electron chi connectivity index (χ0n) is 27.3. The number of rotatable bonds is 4. The highest BCUT2D eigenvalue weighted by Crippen LogP contribution is 2.46. The SMILES string of the molecule is CC1=CC(C2C=NC(c3cccc4c(-c5c6ccccc6c(-c6ccc7ccccc7c6)c6ccccc56)cccc34)=CC2)=CCCC1. The number of hydrogen-bond donors (Lipinski definition) is 0. The van der Waals surface area contributed by atoms with Crippen LogP contribution in [0.4, 0.5) is 0 Å². The van der Waals surface area contributed by atoms with Crippen LogP contribution in [0.15, 0.2) is 162 Å². The zero-order chi connectivity index (χ0) is 32.0. The molecule has 7 aromatic rings. The Labute approximate surface area is 282 Å². The minimum atomic E-state index is 0.353. The Morgan fingerprint density at radius 2 is 1.19 bits per heavy atom. The normalized spacial score (nSPS) is 16.6. The fourth-order valence-corrected chi connectivity index (χ4v) is 8.07. The first-order valence-corrected chi connectivity index (χ1v) is 17.3. The van der Waals surface area contributed by atoms with Gasteiger partial charge in [0.2, 0.25) is 0 Å². The second-order valence-electron chi connectivity index (χ2n) is 13.4. The number of hydrogen-bond acceptors (Lipinski definition) is 1. The van der Waals surface area contributed by atoms with Gasteiger partial charge in [0.1, 0.15) is 0 Å². The third-order valence-electron chi connectivity index (χ3n) is 10.4. The molecule has 1 atom stereocenters. The van der Waals surface area contributed by atoms with Gasteiger partial charge in [0.15, 0.2) is 0 Å². The van der Waals surface area contributed by atoms with Gasteiger partial charge < -0.3 is 0 Å². The van der Waals surface area contributed by atoms with Crippen molar-refractivity contribution in [2.75, 3.05) is 0 Å². The molecule has 1 heterocycles. The Balaban J connectivity index is 1.21. The predicted octanol–water partition coefficient (Wildman–Crippen LogP) is 13.1. The average molecular weight is 616 g/mol. The van der Waals surface area contributed by atoms with E-state index in [4.69, 9.17) is 4.99 Å². The van der Waals surface area contributed by atoms with Crippen LogP contribution in [-0.4, -0.2) is 6.21 Å². The van der Waals surface area contributed by atoms with E-state index >= 15 is 0 Å². The van der Waals surface area contributed by atoms with E-state index in [2.05, 4.69) is 159 Å². The van der Waals surface area contributed by atoms with Gasteiger partial charge in [-0.2, -0.15) is 0 Å². The minimum absolute atomic E-state index is 0.353. The lowest BCUT2D eigenvalue weighted by molar-refractivity contribution is 0.827. The lowest BCUT2D eigenvalue weighted by Gasteiger charge is -2.20. The van der Waals surface area contributed by atoms with E-state index in [1.54, 1.807) is 0 Å². The van der Waals surface area contributed by atoms with Crippen molar-refractivity contribution >= 4 is 55.0 Å². The van der Waals surface area contributed by atoms with Crippen LogP contribution in [0.5, 0.6) is 0 Å². The molecule has 1 heteroatoms. The van der Waals surface area contributed by atoms with Crippen molar-refractivity contribution < 1.29 is 0 Å². The summed E-state index contributed by atoms with van der Waals surface area (Å²) < 4.78 is 0. The largest absolute Gasteiger partial charge is 0.260 e. The van der Waals surface area contributed by atoms with E-state index in [9.17, 15) is 0 Å². The standard InChI is InChI=1S/C47H37N/c1-31-12-2-3-14-33(28-31)36-26-27-45(48-30-36)39-22-10-21-38-37(39)20-11-23-40(38)47-43-18-8-6-16-41(43)46(42-17-7-9-19-44(42)47)35-25-24-32-13-4-5-15-34(32)29-35/h4-11,13-25,27-30,36H,2-3,12,26H2,1H3. The third kappa shape index (κ3) is 4.90. The molecule has 7 aromatic carbocycles. The van der Waals surface area contributed by atoms with Gasteiger partial charge in [0, 0.05) is 17.7 Å². The van der Waals surface area contributed by atoms with Crippen LogP contribution in [0, 0.1) is 5.92 Å². The van der Waals surface area contributed by atoms with Gasteiger partial charge in [-0.25, -0.2) is 0 Å². The number of aliphatic imine (C=N–C) groups is 1. The summed E-state index contributed by atoms with van der Waals surface area (Å²) in [6, 6.07) is 47.0. The summed E-state index contributed by atoms with van der Waals surface area (Å²) in [6.07, 6.45) is 13.9. The molecule has 0 radical (unpaired) electrons. The topological polar surface area (TPSA) is 12.4 Å². The van der Waals surface area contributed by atoms with Gasteiger partial charge in [-0.15, -0.1) is 0 Å². The second kappa shape index (κ2) is 11.9. The highest BCUT2D eigenvalue weighted by Gasteiger charge is 2.20. The van der Waals surface area contributed by atoms with Crippen LogP contribution in [0.25, 0.3) is 71.0 Å². The Hall–Kier alpha value is -5.53. The molecule has 1 nitrogen and oxygen atoms in total. The average Bonchev–Trinajstić information content (AvgIpc) is 3.37. The molecule has 0 aromatic heterocycles. The highest BCUT2D eigenvalue weighted by atomic mass is 14.7. The highest BCUT2D eigenvalue weighted by molar-refractivity contribution is 6.24. The van der Waals surface area contributed by atoms with Gasteiger partial charge in [-0.3, -0.25) is 4.99 Å². The van der Waals surface area contributed by atoms with Crippen LogP contribution in [0.3, 0.4) is 0 Å². The Bertz CT molecular complexity index is 2460. The lowest BCUT2D eigenvalue weighted by atomic mass is 9.84. The van der Waals surface area contributed by atoms with Crippen LogP contribution in [-0.2, 0) is 0 Å². The van der Waals surface area contributed by atoms with Crippen molar-refractivity contribution in [3.05, 3.63) is 162 Å². The summed E-state index contributed by atoms with van der Waals surface area (Å²) in [7, 11) is 0. The summed E-state index contributed by atoms with van der Waals surface area (Å²) in [5, 5.41) is 10.1. The minimum Gasteiger partial charge on any atom is -0.260 e. The molecule has 0 saturated heterocycles. The molecule has 48 heavy (non-hydrogen) atoms. The summed E-state index contributed by atoms with van der Waals surface area (Å²) in [4.78, 5) is 5.10. The summed E-state index contributed by atoms with van der Waals surface area (Å²) in [5.41, 5.74) is 10.3. The maximum Gasteiger partial charge on any atom is 0.0665 e. The first-order valence-electron chi connectivity index (χ1n) is 17.3. The van der Waals surface area contributed by atoms with Crippen molar-refractivity contribution in [3.8, 4) is 22.3 Å². The first kappa shape index (κ1) is 28.7. The van der Waals surface area contributed by atoms with Crippen LogP contribution in [0.1, 0.15) is 38.2 Å². The molecular formula is C47H37N. The van der Waals surface area contributed by atoms with E-state index in [0.29, 0.717) is 5.92 Å². The Morgan fingerprint density at radius 1 is 0.562 bits per heavy atom. The molecule has 1 aliphatic heterocycles. The molecule has 1 aliphatic carbocycles. The maximum absolute atomic E-state index is 5.10. The number of fused-ring (bicyclic) bond motifs is 4. The number of nitrogens with zero attached hydrogens (tertiary/aromatic N) is 1. The molecule has 230 valence electrons. The van der Waals surface area contributed by atoms with Crippen molar-refractivity contribution in [1.29, 1.82) is 0 Å². The van der Waals surface area contributed by atoms with E-state index in [-0.39, 0.29) is 0 Å². The summed E-state index contributed by atoms with van der Waals surface area (Å²) in [6.45, 7) is 2.26. The van der Waals surface area contributed by atoms with E-state index in [0.717, 1.165) is 18.5 Å². The molecule has 0 bridgehead atoms. The molecular weight excluding hydrogens is 579 g/mol. The third-order valence-corrected chi connectivity index (χ3v) is 10.4. The molecule has 0 fully saturated rings. The van der Waals surface area contributed by atoms with Crippen molar-refractivity contribution in [2.45, 2.75) is 32.6 Å². The first-order chi connectivity index (χ1) is 23.7. The van der Waals surface area contributed by atoms with E-state index < -0.39 is 0 Å². The van der Waals surface area contributed by atoms with E-state index in [1.165, 1.54) is 94.9 Å². The van der Waals surface area contributed by atoms with Gasteiger partial charge in [0.05, 0.1) is 5.70 Å². The molecule has 0 N–H and O–H groups in total. The summed E-state index contributed by atoms with van der Waals surface area (Å²) in [5.74, 6) is 0.353. The van der Waals surface area contributed by atoms with E-state index in [1.807, 2.05) is 0 Å². The molecule has 0 amide bonds. The van der Waals surface area contributed by atoms with Gasteiger partial charge in [-0.1, -0.05) is 145 Å². The quantitative estimate of drug-likeness (QED) is 0.175. The molecule has 9 rings (SSSR count). The molecule has 0 saturated carbocycles. The summed E-state index contributed by atoms with van der Waals surface area (Å²) >= 11 is 0. The monoisotopic (exact) mass is 615 g/mol. The number of allylic oxidation sites excluding steroid dienone is 5. The van der Waals surface area contributed by atoms with Crippen molar-refractivity contribution in [3.63, 3.8) is 0 Å². The smallest absolute Gasteiger partial charge is 0.0665 e. The second-order valence-corrected chi connectivity index (χ2v) is 13.4. The number of benzene rings is 7. The zero-order valence-corrected chi connectivity index (χ0v) is 27.3.